The Kier molecular flexibility index (Phi) is 3.38. The van der Waals surface area contributed by atoms with Gasteiger partial charge in [0, 0.05) is 11.5 Å². The number of rotatable bonds is 1. The number of hydrogen-bond acceptors (Lipinski definition) is 0. The maximum Gasteiger partial charge on any atom is 0.220 e. The summed E-state index contributed by atoms with van der Waals surface area (Å²) >= 11 is 0. The molecule has 0 radical (unpaired) electrons. The third kappa shape index (κ3) is 2.20. The molecule has 0 fully saturated rings. The van der Waals surface area contributed by atoms with Gasteiger partial charge in [-0.3, -0.25) is 0 Å². The van der Waals surface area contributed by atoms with Crippen LogP contribution in [-0.4, -0.2) is 0 Å². The van der Waals surface area contributed by atoms with E-state index in [9.17, 15) is 0 Å². The van der Waals surface area contributed by atoms with Crippen molar-refractivity contribution in [2.24, 2.45) is 7.05 Å². The Balaban J connectivity index is 2.16. The maximum absolute atomic E-state index is 2.31. The number of aryl methyl sites for hydroxylation is 3. The highest BCUT2D eigenvalue weighted by Gasteiger charge is 2.19. The van der Waals surface area contributed by atoms with Gasteiger partial charge in [0.25, 0.3) is 0 Å². The first-order chi connectivity index (χ1) is 11.6. The smallest absolute Gasteiger partial charge is 0.200 e. The fraction of sp³-hybridized carbons (Fsp3) is 0.174. The highest BCUT2D eigenvalue weighted by Crippen LogP contribution is 2.33. The van der Waals surface area contributed by atoms with Crippen LogP contribution in [0.5, 0.6) is 0 Å². The first kappa shape index (κ1) is 14.9. The lowest BCUT2D eigenvalue weighted by molar-refractivity contribution is -0.659. The van der Waals surface area contributed by atoms with Gasteiger partial charge in [-0.05, 0) is 54.8 Å². The van der Waals surface area contributed by atoms with Crippen LogP contribution >= 0.6 is 0 Å². The Morgan fingerprint density at radius 1 is 0.750 bits per heavy atom. The summed E-state index contributed by atoms with van der Waals surface area (Å²) in [4.78, 5) is 0. The summed E-state index contributed by atoms with van der Waals surface area (Å²) in [5, 5.41) is 5.24. The molecule has 0 bridgehead atoms. The van der Waals surface area contributed by atoms with Crippen molar-refractivity contribution in [1.29, 1.82) is 0 Å². The Bertz CT molecular complexity index is 1090. The molecule has 0 aliphatic carbocycles. The summed E-state index contributed by atoms with van der Waals surface area (Å²) < 4.78 is 2.25. The molecule has 0 aliphatic rings. The number of benzene rings is 3. The predicted molar refractivity (Wildman–Crippen MR) is 102 cm³/mol. The van der Waals surface area contributed by atoms with E-state index in [1.54, 1.807) is 0 Å². The summed E-state index contributed by atoms with van der Waals surface area (Å²) in [6.45, 7) is 6.60. The zero-order valence-electron chi connectivity index (χ0n) is 14.7. The van der Waals surface area contributed by atoms with E-state index in [4.69, 9.17) is 0 Å². The average molecular weight is 312 g/mol. The van der Waals surface area contributed by atoms with Crippen LogP contribution in [0.4, 0.5) is 0 Å². The molecule has 24 heavy (non-hydrogen) atoms. The molecule has 4 aromatic rings. The van der Waals surface area contributed by atoms with Crippen LogP contribution in [-0.2, 0) is 7.05 Å². The van der Waals surface area contributed by atoms with Crippen LogP contribution in [0.1, 0.15) is 16.7 Å². The molecule has 3 aromatic carbocycles. The fourth-order valence-electron chi connectivity index (χ4n) is 3.75. The van der Waals surface area contributed by atoms with Crippen molar-refractivity contribution in [1.82, 2.24) is 0 Å². The number of hydrogen-bond donors (Lipinski definition) is 0. The molecule has 0 atom stereocenters. The maximum atomic E-state index is 2.31. The molecule has 1 heteroatoms. The second kappa shape index (κ2) is 5.45. The Labute approximate surface area is 143 Å². The van der Waals surface area contributed by atoms with E-state index >= 15 is 0 Å². The Hall–Kier alpha value is -2.67. The number of aromatic nitrogens is 1. The lowest BCUT2D eigenvalue weighted by Gasteiger charge is -2.12. The molecule has 1 heterocycles. The molecule has 1 nitrogen and oxygen atoms in total. The van der Waals surface area contributed by atoms with Gasteiger partial charge in [0.05, 0.1) is 10.9 Å². The van der Waals surface area contributed by atoms with Crippen molar-refractivity contribution in [3.63, 3.8) is 0 Å². The summed E-state index contributed by atoms with van der Waals surface area (Å²) in [6.07, 6.45) is 2.18. The Morgan fingerprint density at radius 2 is 1.54 bits per heavy atom. The predicted octanol–water partition coefficient (Wildman–Crippen LogP) is 5.41. The van der Waals surface area contributed by atoms with Gasteiger partial charge in [0.15, 0.2) is 6.20 Å². The van der Waals surface area contributed by atoms with Crippen molar-refractivity contribution < 1.29 is 4.57 Å². The normalized spacial score (nSPS) is 11.3. The molecule has 0 saturated heterocycles. The van der Waals surface area contributed by atoms with Crippen LogP contribution in [0, 0.1) is 20.8 Å². The molecule has 118 valence electrons. The first-order valence-corrected chi connectivity index (χ1v) is 8.44. The summed E-state index contributed by atoms with van der Waals surface area (Å²) in [5.41, 5.74) is 6.64. The van der Waals surface area contributed by atoms with Crippen molar-refractivity contribution in [3.8, 4) is 11.3 Å². The summed E-state index contributed by atoms with van der Waals surface area (Å²) in [7, 11) is 2.14. The van der Waals surface area contributed by atoms with Crippen LogP contribution < -0.4 is 4.57 Å². The zero-order chi connectivity index (χ0) is 16.8. The highest BCUT2D eigenvalue weighted by molar-refractivity contribution is 6.10. The Morgan fingerprint density at radius 3 is 2.38 bits per heavy atom. The summed E-state index contributed by atoms with van der Waals surface area (Å²) in [6, 6.07) is 19.9. The van der Waals surface area contributed by atoms with Crippen molar-refractivity contribution in [2.45, 2.75) is 20.8 Å². The molecule has 0 saturated carbocycles. The minimum Gasteiger partial charge on any atom is -0.200 e. The van der Waals surface area contributed by atoms with Crippen molar-refractivity contribution >= 4 is 21.5 Å². The van der Waals surface area contributed by atoms with Gasteiger partial charge in [-0.2, -0.15) is 0 Å². The van der Waals surface area contributed by atoms with Crippen molar-refractivity contribution in [2.75, 3.05) is 0 Å². The van der Waals surface area contributed by atoms with Gasteiger partial charge >= 0.3 is 0 Å². The second-order valence-corrected chi connectivity index (χ2v) is 6.78. The van der Waals surface area contributed by atoms with E-state index in [1.165, 1.54) is 49.5 Å². The number of pyridine rings is 1. The van der Waals surface area contributed by atoms with Crippen LogP contribution in [0.25, 0.3) is 32.8 Å². The van der Waals surface area contributed by atoms with Gasteiger partial charge in [-0.15, -0.1) is 0 Å². The minimum absolute atomic E-state index is 1.29. The quantitative estimate of drug-likeness (QED) is 0.327. The molecular weight excluding hydrogens is 290 g/mol. The first-order valence-electron chi connectivity index (χ1n) is 8.44. The lowest BCUT2D eigenvalue weighted by Crippen LogP contribution is -2.30. The molecule has 0 aliphatic heterocycles. The van der Waals surface area contributed by atoms with Crippen LogP contribution in [0.15, 0.2) is 60.8 Å². The molecule has 1 aromatic heterocycles. The van der Waals surface area contributed by atoms with E-state index in [0.29, 0.717) is 0 Å². The van der Waals surface area contributed by atoms with E-state index in [0.717, 1.165) is 0 Å². The third-order valence-corrected chi connectivity index (χ3v) is 5.11. The van der Waals surface area contributed by atoms with Crippen molar-refractivity contribution in [3.05, 3.63) is 77.5 Å². The molecule has 0 amide bonds. The van der Waals surface area contributed by atoms with Gasteiger partial charge < -0.3 is 0 Å². The number of fused-ring (bicyclic) bond motifs is 3. The second-order valence-electron chi connectivity index (χ2n) is 6.78. The minimum atomic E-state index is 1.29. The molecule has 4 rings (SSSR count). The third-order valence-electron chi connectivity index (χ3n) is 5.11. The molecule has 0 unspecified atom stereocenters. The van der Waals surface area contributed by atoms with Gasteiger partial charge in [0.1, 0.15) is 7.05 Å². The van der Waals surface area contributed by atoms with E-state index in [-0.39, 0.29) is 0 Å². The van der Waals surface area contributed by atoms with Gasteiger partial charge in [0.2, 0.25) is 5.69 Å². The molecular formula is C23H22N+. The topological polar surface area (TPSA) is 3.88 Å². The largest absolute Gasteiger partial charge is 0.220 e. The van der Waals surface area contributed by atoms with Crippen LogP contribution in [0.2, 0.25) is 0 Å². The average Bonchev–Trinajstić information content (AvgIpc) is 2.58. The van der Waals surface area contributed by atoms with Gasteiger partial charge in [-0.25, -0.2) is 4.57 Å². The molecule has 0 N–H and O–H groups in total. The number of nitrogens with zero attached hydrogens (tertiary/aromatic N) is 1. The van der Waals surface area contributed by atoms with Gasteiger partial charge in [-0.1, -0.05) is 42.0 Å². The SMILES string of the molecule is Cc1cc(C)c(C)c(-c2c3ccc4ccccc4c3cc[n+]2C)c1. The fourth-order valence-corrected chi connectivity index (χ4v) is 3.75. The zero-order valence-corrected chi connectivity index (χ0v) is 14.7. The van der Waals surface area contributed by atoms with E-state index in [2.05, 4.69) is 93.2 Å². The van der Waals surface area contributed by atoms with Crippen LogP contribution in [0.3, 0.4) is 0 Å². The highest BCUT2D eigenvalue weighted by atomic mass is 14.9. The molecule has 0 spiro atoms. The lowest BCUT2D eigenvalue weighted by atomic mass is 9.93. The standard InChI is InChI=1S/C23H22N/c1-15-13-16(2)17(3)22(14-15)23-21-10-9-18-7-5-6-8-19(18)20(21)11-12-24(23)4/h5-14H,1-4H3/q+1. The summed E-state index contributed by atoms with van der Waals surface area (Å²) in [5.74, 6) is 0. The van der Waals surface area contributed by atoms with E-state index < -0.39 is 0 Å². The monoisotopic (exact) mass is 312 g/mol. The van der Waals surface area contributed by atoms with E-state index in [1.807, 2.05) is 0 Å².